The van der Waals surface area contributed by atoms with Crippen LogP contribution in [0.25, 0.3) is 0 Å². The van der Waals surface area contributed by atoms with E-state index in [1.165, 1.54) is 7.11 Å². The fraction of sp³-hybridized carbons (Fsp3) is 0.800. The van der Waals surface area contributed by atoms with Gasteiger partial charge in [0.25, 0.3) is 0 Å². The highest BCUT2D eigenvalue weighted by Crippen LogP contribution is 2.45. The summed E-state index contributed by atoms with van der Waals surface area (Å²) in [5.74, 6) is -0.655. The summed E-state index contributed by atoms with van der Waals surface area (Å²) < 4.78 is 4.82. The van der Waals surface area contributed by atoms with Gasteiger partial charge in [-0.2, -0.15) is 0 Å². The zero-order chi connectivity index (χ0) is 12.2. The van der Waals surface area contributed by atoms with Crippen LogP contribution in [-0.4, -0.2) is 41.9 Å². The zero-order valence-electron chi connectivity index (χ0n) is 9.47. The van der Waals surface area contributed by atoms with Gasteiger partial charge in [0.1, 0.15) is 7.11 Å². The Hall–Kier alpha value is -1.14. The second kappa shape index (κ2) is 5.27. The highest BCUT2D eigenvalue weighted by atomic mass is 16.6. The topological polar surface area (TPSA) is 88.4 Å². The van der Waals surface area contributed by atoms with Crippen molar-refractivity contribution in [1.29, 1.82) is 0 Å². The van der Waals surface area contributed by atoms with E-state index in [4.69, 9.17) is 4.74 Å². The molecule has 1 saturated carbocycles. The standard InChI is InChI=1S/C10H17NO5/c1-3-16-8(12)7(11-15-2)10(9(13)14)5-4-6-10/h9,13-14H,3-6H2,1-2H3. The second-order valence-electron chi connectivity index (χ2n) is 3.73. The molecule has 6 heteroatoms. The number of hydrogen-bond donors (Lipinski definition) is 2. The van der Waals surface area contributed by atoms with Crippen LogP contribution in [0.2, 0.25) is 0 Å². The van der Waals surface area contributed by atoms with Crippen molar-refractivity contribution in [3.05, 3.63) is 0 Å². The number of aliphatic hydroxyl groups is 2. The van der Waals surface area contributed by atoms with E-state index in [-0.39, 0.29) is 12.3 Å². The summed E-state index contributed by atoms with van der Waals surface area (Å²) >= 11 is 0. The molecule has 6 nitrogen and oxygen atoms in total. The van der Waals surface area contributed by atoms with Crippen LogP contribution in [-0.2, 0) is 14.4 Å². The van der Waals surface area contributed by atoms with Gasteiger partial charge in [0.2, 0.25) is 0 Å². The SMILES string of the molecule is CCOC(=O)C(=NOC)C1(C(O)O)CCC1. The Morgan fingerprint density at radius 1 is 1.50 bits per heavy atom. The van der Waals surface area contributed by atoms with E-state index in [0.29, 0.717) is 12.8 Å². The van der Waals surface area contributed by atoms with E-state index in [9.17, 15) is 15.0 Å². The molecule has 2 N–H and O–H groups in total. The molecule has 0 aliphatic heterocycles. The van der Waals surface area contributed by atoms with Crippen LogP contribution >= 0.6 is 0 Å². The van der Waals surface area contributed by atoms with Gasteiger partial charge < -0.3 is 19.8 Å². The third kappa shape index (κ3) is 2.17. The average molecular weight is 231 g/mol. The lowest BCUT2D eigenvalue weighted by Crippen LogP contribution is -2.51. The summed E-state index contributed by atoms with van der Waals surface area (Å²) in [6, 6.07) is 0. The summed E-state index contributed by atoms with van der Waals surface area (Å²) in [7, 11) is 1.30. The molecule has 0 saturated heterocycles. The molecule has 0 atom stereocenters. The van der Waals surface area contributed by atoms with Crippen LogP contribution in [0.4, 0.5) is 0 Å². The Balaban J connectivity index is 2.92. The molecule has 0 radical (unpaired) electrons. The number of aliphatic hydroxyl groups excluding tert-OH is 1. The van der Waals surface area contributed by atoms with Crippen molar-refractivity contribution in [1.82, 2.24) is 0 Å². The number of rotatable bonds is 5. The Bertz CT molecular complexity index is 283. The largest absolute Gasteiger partial charge is 0.461 e. The molecule has 0 aromatic heterocycles. The molecule has 1 fully saturated rings. The Labute approximate surface area is 93.8 Å². The molecule has 0 spiro atoms. The van der Waals surface area contributed by atoms with E-state index in [0.717, 1.165) is 6.42 Å². The number of carbonyl (C=O) groups is 1. The molecule has 1 aliphatic carbocycles. The predicted octanol–water partition coefficient (Wildman–Crippen LogP) is 0.0329. The summed E-state index contributed by atoms with van der Waals surface area (Å²) in [4.78, 5) is 16.2. The predicted molar refractivity (Wildman–Crippen MR) is 55.6 cm³/mol. The number of carbonyl (C=O) groups excluding carboxylic acids is 1. The highest BCUT2D eigenvalue weighted by molar-refractivity contribution is 6.38. The maximum Gasteiger partial charge on any atom is 0.356 e. The minimum absolute atomic E-state index is 0.0434. The number of ether oxygens (including phenoxy) is 1. The number of oxime groups is 1. The van der Waals surface area contributed by atoms with Crippen LogP contribution in [0.3, 0.4) is 0 Å². The van der Waals surface area contributed by atoms with Crippen molar-refractivity contribution in [2.24, 2.45) is 10.6 Å². The van der Waals surface area contributed by atoms with Crippen molar-refractivity contribution in [2.75, 3.05) is 13.7 Å². The molecule has 0 bridgehead atoms. The highest BCUT2D eigenvalue weighted by Gasteiger charge is 2.51. The van der Waals surface area contributed by atoms with Gasteiger partial charge in [-0.3, -0.25) is 0 Å². The van der Waals surface area contributed by atoms with E-state index >= 15 is 0 Å². The van der Waals surface area contributed by atoms with Crippen molar-refractivity contribution < 1.29 is 24.6 Å². The lowest BCUT2D eigenvalue weighted by atomic mass is 9.65. The summed E-state index contributed by atoms with van der Waals surface area (Å²) in [5, 5.41) is 22.3. The molecule has 0 aromatic rings. The lowest BCUT2D eigenvalue weighted by Gasteiger charge is -2.42. The molecule has 1 aliphatic rings. The van der Waals surface area contributed by atoms with E-state index in [1.54, 1.807) is 6.92 Å². The Kier molecular flexibility index (Phi) is 4.26. The Morgan fingerprint density at radius 3 is 2.44 bits per heavy atom. The van der Waals surface area contributed by atoms with Crippen molar-refractivity contribution in [2.45, 2.75) is 32.5 Å². The van der Waals surface area contributed by atoms with E-state index in [1.807, 2.05) is 0 Å². The minimum Gasteiger partial charge on any atom is -0.461 e. The van der Waals surface area contributed by atoms with Crippen molar-refractivity contribution >= 4 is 11.7 Å². The third-order valence-electron chi connectivity index (χ3n) is 2.86. The molecule has 0 unspecified atom stereocenters. The molecular weight excluding hydrogens is 214 g/mol. The number of nitrogens with zero attached hydrogens (tertiary/aromatic N) is 1. The third-order valence-corrected chi connectivity index (χ3v) is 2.86. The molecule has 0 amide bonds. The quantitative estimate of drug-likeness (QED) is 0.302. The van der Waals surface area contributed by atoms with Gasteiger partial charge in [-0.1, -0.05) is 11.6 Å². The van der Waals surface area contributed by atoms with Gasteiger partial charge in [-0.25, -0.2) is 4.79 Å². The number of esters is 1. The minimum atomic E-state index is -1.63. The van der Waals surface area contributed by atoms with Gasteiger partial charge in [0.05, 0.1) is 12.0 Å². The summed E-state index contributed by atoms with van der Waals surface area (Å²) in [5.41, 5.74) is -1.07. The molecule has 0 heterocycles. The average Bonchev–Trinajstić information content (AvgIpc) is 2.14. The Morgan fingerprint density at radius 2 is 2.12 bits per heavy atom. The normalized spacial score (nSPS) is 19.2. The molecule has 16 heavy (non-hydrogen) atoms. The van der Waals surface area contributed by atoms with Gasteiger partial charge in [0, 0.05) is 0 Å². The van der Waals surface area contributed by atoms with Crippen molar-refractivity contribution in [3.8, 4) is 0 Å². The van der Waals surface area contributed by atoms with Crippen LogP contribution in [0.5, 0.6) is 0 Å². The maximum atomic E-state index is 11.6. The van der Waals surface area contributed by atoms with Gasteiger partial charge in [-0.05, 0) is 19.8 Å². The first-order valence-corrected chi connectivity index (χ1v) is 5.23. The smallest absolute Gasteiger partial charge is 0.356 e. The monoisotopic (exact) mass is 231 g/mol. The lowest BCUT2D eigenvalue weighted by molar-refractivity contribution is -0.149. The fourth-order valence-corrected chi connectivity index (χ4v) is 1.80. The summed E-state index contributed by atoms with van der Waals surface area (Å²) in [6.07, 6.45) is 0.177. The van der Waals surface area contributed by atoms with Gasteiger partial charge in [0.15, 0.2) is 12.0 Å². The summed E-state index contributed by atoms with van der Waals surface area (Å²) in [6.45, 7) is 1.88. The van der Waals surface area contributed by atoms with E-state index in [2.05, 4.69) is 9.99 Å². The molecule has 1 rings (SSSR count). The first kappa shape index (κ1) is 12.9. The first-order chi connectivity index (χ1) is 7.58. The maximum absolute atomic E-state index is 11.6. The number of hydrogen-bond acceptors (Lipinski definition) is 6. The van der Waals surface area contributed by atoms with Crippen LogP contribution in [0.15, 0.2) is 5.16 Å². The van der Waals surface area contributed by atoms with Gasteiger partial charge in [-0.15, -0.1) is 0 Å². The van der Waals surface area contributed by atoms with Gasteiger partial charge >= 0.3 is 5.97 Å². The van der Waals surface area contributed by atoms with Crippen LogP contribution in [0, 0.1) is 5.41 Å². The molecule has 92 valence electrons. The fourth-order valence-electron chi connectivity index (χ4n) is 1.80. The molecule has 0 aromatic carbocycles. The van der Waals surface area contributed by atoms with Crippen LogP contribution in [0.1, 0.15) is 26.2 Å². The first-order valence-electron chi connectivity index (χ1n) is 5.23. The second-order valence-corrected chi connectivity index (χ2v) is 3.73. The van der Waals surface area contributed by atoms with Crippen LogP contribution < -0.4 is 0 Å². The zero-order valence-corrected chi connectivity index (χ0v) is 9.47. The van der Waals surface area contributed by atoms with Crippen molar-refractivity contribution in [3.63, 3.8) is 0 Å². The molecular formula is C10H17NO5. The van der Waals surface area contributed by atoms with E-state index < -0.39 is 17.7 Å².